The minimum absolute atomic E-state index is 0. The van der Waals surface area contributed by atoms with E-state index in [9.17, 15) is 8.78 Å². The molecule has 1 aromatic carbocycles. The van der Waals surface area contributed by atoms with Gasteiger partial charge in [-0.05, 0) is 35.4 Å². The van der Waals surface area contributed by atoms with E-state index in [2.05, 4.69) is 0 Å². The molecule has 1 aliphatic rings. The van der Waals surface area contributed by atoms with E-state index >= 15 is 0 Å². The first-order chi connectivity index (χ1) is 7.49. The third kappa shape index (κ3) is 2.84. The summed E-state index contributed by atoms with van der Waals surface area (Å²) in [6, 6.07) is 6.91. The summed E-state index contributed by atoms with van der Waals surface area (Å²) in [5.74, 6) is -2.41. The predicted molar refractivity (Wildman–Crippen MR) is 68.1 cm³/mol. The molecule has 5 heteroatoms. The molecule has 0 heterocycles. The van der Waals surface area contributed by atoms with Crippen molar-refractivity contribution < 1.29 is 8.78 Å². The topological polar surface area (TPSA) is 52.0 Å². The van der Waals surface area contributed by atoms with E-state index in [1.54, 1.807) is 24.3 Å². The van der Waals surface area contributed by atoms with Gasteiger partial charge in [0.15, 0.2) is 6.17 Å². The molecule has 0 saturated carbocycles. The van der Waals surface area contributed by atoms with Crippen LogP contribution in [0.5, 0.6) is 0 Å². The molecule has 17 heavy (non-hydrogen) atoms. The van der Waals surface area contributed by atoms with Crippen molar-refractivity contribution in [3.05, 3.63) is 48.1 Å². The molecular weight excluding hydrogens is 246 g/mol. The maximum Gasteiger partial charge on any atom is 0.213 e. The fourth-order valence-electron chi connectivity index (χ4n) is 1.52. The Labute approximate surface area is 104 Å². The largest absolute Gasteiger partial charge is 0.399 e. The predicted octanol–water partition coefficient (Wildman–Crippen LogP) is 2.61. The second-order valence-electron chi connectivity index (χ2n) is 3.81. The molecule has 0 bridgehead atoms. The highest BCUT2D eigenvalue weighted by Gasteiger charge is 2.33. The van der Waals surface area contributed by atoms with Gasteiger partial charge in [-0.2, -0.15) is 0 Å². The van der Waals surface area contributed by atoms with Crippen molar-refractivity contribution in [1.29, 1.82) is 0 Å². The summed E-state index contributed by atoms with van der Waals surface area (Å²) in [7, 11) is 0. The lowest BCUT2D eigenvalue weighted by Gasteiger charge is -2.23. The van der Waals surface area contributed by atoms with Crippen LogP contribution in [0.25, 0.3) is 5.57 Å². The van der Waals surface area contributed by atoms with Crippen LogP contribution >= 0.6 is 12.4 Å². The number of halogens is 3. The van der Waals surface area contributed by atoms with E-state index in [1.165, 1.54) is 12.2 Å². The second-order valence-corrected chi connectivity index (χ2v) is 3.81. The van der Waals surface area contributed by atoms with E-state index in [1.807, 2.05) is 0 Å². The molecule has 0 saturated heterocycles. The molecule has 0 fully saturated rings. The highest BCUT2D eigenvalue weighted by molar-refractivity contribution is 5.85. The van der Waals surface area contributed by atoms with Crippen LogP contribution in [-0.4, -0.2) is 12.0 Å². The van der Waals surface area contributed by atoms with Crippen LogP contribution in [0.4, 0.5) is 14.5 Å². The zero-order valence-corrected chi connectivity index (χ0v) is 9.75. The number of alkyl halides is 2. The minimum Gasteiger partial charge on any atom is -0.399 e. The molecule has 2 rings (SSSR count). The van der Waals surface area contributed by atoms with Crippen LogP contribution in [0.3, 0.4) is 0 Å². The molecule has 4 N–H and O–H groups in total. The number of rotatable bonds is 1. The Morgan fingerprint density at radius 2 is 1.76 bits per heavy atom. The van der Waals surface area contributed by atoms with Crippen molar-refractivity contribution in [2.75, 3.05) is 5.73 Å². The average Bonchev–Trinajstić information content (AvgIpc) is 2.24. The smallest absolute Gasteiger partial charge is 0.213 e. The Morgan fingerprint density at radius 3 is 2.29 bits per heavy atom. The van der Waals surface area contributed by atoms with Crippen LogP contribution < -0.4 is 11.5 Å². The Hall–Kier alpha value is -1.39. The molecule has 1 aliphatic carbocycles. The zero-order valence-electron chi connectivity index (χ0n) is 8.94. The summed E-state index contributed by atoms with van der Waals surface area (Å²) in [5.41, 5.74) is 12.6. The monoisotopic (exact) mass is 258 g/mol. The lowest BCUT2D eigenvalue weighted by Crippen LogP contribution is -2.42. The Balaban J connectivity index is 0.00000144. The third-order valence-corrected chi connectivity index (χ3v) is 2.51. The van der Waals surface area contributed by atoms with Crippen LogP contribution in [0.2, 0.25) is 0 Å². The number of hydrogen-bond acceptors (Lipinski definition) is 2. The maximum absolute atomic E-state index is 13.3. The first-order valence-corrected chi connectivity index (χ1v) is 4.88. The number of nitrogen functional groups attached to an aromatic ring is 1. The van der Waals surface area contributed by atoms with Crippen LogP contribution in [-0.2, 0) is 0 Å². The van der Waals surface area contributed by atoms with Gasteiger partial charge in [0.1, 0.15) is 0 Å². The number of benzene rings is 1. The molecule has 0 spiro atoms. The van der Waals surface area contributed by atoms with Gasteiger partial charge in [-0.25, -0.2) is 8.78 Å². The van der Waals surface area contributed by atoms with Crippen molar-refractivity contribution in [2.24, 2.45) is 5.73 Å². The fraction of sp³-hybridized carbons (Fsp3) is 0.167. The summed E-state index contributed by atoms with van der Waals surface area (Å²) in [6.07, 6.45) is 1.85. The molecule has 2 unspecified atom stereocenters. The third-order valence-electron chi connectivity index (χ3n) is 2.51. The van der Waals surface area contributed by atoms with Gasteiger partial charge in [-0.3, -0.25) is 5.73 Å². The number of nitrogens with two attached hydrogens (primary N) is 2. The van der Waals surface area contributed by atoms with Gasteiger partial charge in [0.05, 0.1) is 0 Å². The van der Waals surface area contributed by atoms with E-state index < -0.39 is 12.0 Å². The lowest BCUT2D eigenvalue weighted by atomic mass is 9.95. The summed E-state index contributed by atoms with van der Waals surface area (Å²) in [5, 5.41) is 0. The molecule has 1 aromatic rings. The van der Waals surface area contributed by atoms with Crippen molar-refractivity contribution in [1.82, 2.24) is 0 Å². The Morgan fingerprint density at radius 1 is 1.18 bits per heavy atom. The first kappa shape index (κ1) is 13.7. The fourth-order valence-corrected chi connectivity index (χ4v) is 1.52. The Bertz CT molecular complexity index is 452. The summed E-state index contributed by atoms with van der Waals surface area (Å²) in [6.45, 7) is 0. The highest BCUT2D eigenvalue weighted by atomic mass is 35.5. The first-order valence-electron chi connectivity index (χ1n) is 4.88. The standard InChI is InChI=1S/C12H12F2N2.ClH/c13-11-7-9(5-6-12(11,14)16)8-1-3-10(15)4-2-8;/h1-7,11H,15-16H2;1H. The van der Waals surface area contributed by atoms with Crippen LogP contribution in [0, 0.1) is 0 Å². The van der Waals surface area contributed by atoms with Crippen molar-refractivity contribution >= 4 is 23.7 Å². The molecule has 0 radical (unpaired) electrons. The molecule has 0 aliphatic heterocycles. The summed E-state index contributed by atoms with van der Waals surface area (Å²) >= 11 is 0. The van der Waals surface area contributed by atoms with Gasteiger partial charge in [-0.1, -0.05) is 18.2 Å². The maximum atomic E-state index is 13.3. The molecule has 0 amide bonds. The van der Waals surface area contributed by atoms with Crippen LogP contribution in [0.15, 0.2) is 42.5 Å². The normalized spacial score (nSPS) is 27.2. The zero-order chi connectivity index (χ0) is 11.8. The average molecular weight is 259 g/mol. The van der Waals surface area contributed by atoms with Crippen molar-refractivity contribution in [2.45, 2.75) is 12.0 Å². The van der Waals surface area contributed by atoms with Gasteiger partial charge in [-0.15, -0.1) is 12.4 Å². The second kappa shape index (κ2) is 4.85. The summed E-state index contributed by atoms with van der Waals surface area (Å²) < 4.78 is 26.6. The van der Waals surface area contributed by atoms with Crippen molar-refractivity contribution in [3.63, 3.8) is 0 Å². The molecule has 2 nitrogen and oxygen atoms in total. The molecule has 2 atom stereocenters. The minimum atomic E-state index is -2.41. The van der Waals surface area contributed by atoms with Gasteiger partial charge in [0, 0.05) is 5.69 Å². The lowest BCUT2D eigenvalue weighted by molar-refractivity contribution is 0.132. The quantitative estimate of drug-likeness (QED) is 0.601. The highest BCUT2D eigenvalue weighted by Crippen LogP contribution is 2.28. The van der Waals surface area contributed by atoms with E-state index in [4.69, 9.17) is 11.5 Å². The van der Waals surface area contributed by atoms with Crippen molar-refractivity contribution in [3.8, 4) is 0 Å². The molecule has 0 aromatic heterocycles. The number of allylic oxidation sites excluding steroid dienone is 2. The van der Waals surface area contributed by atoms with E-state index in [-0.39, 0.29) is 12.4 Å². The SMILES string of the molecule is Cl.Nc1ccc(C2=CC(F)C(N)(F)C=C2)cc1. The Kier molecular flexibility index (Phi) is 3.91. The van der Waals surface area contributed by atoms with Gasteiger partial charge in [0.2, 0.25) is 5.79 Å². The van der Waals surface area contributed by atoms with Gasteiger partial charge >= 0.3 is 0 Å². The number of hydrogen-bond donors (Lipinski definition) is 2. The molecule has 92 valence electrons. The van der Waals surface area contributed by atoms with Gasteiger partial charge < -0.3 is 5.73 Å². The summed E-state index contributed by atoms with van der Waals surface area (Å²) in [4.78, 5) is 0. The molecular formula is C12H13ClF2N2. The van der Waals surface area contributed by atoms with E-state index in [0.717, 1.165) is 11.6 Å². The van der Waals surface area contributed by atoms with Crippen LogP contribution in [0.1, 0.15) is 5.56 Å². The number of anilines is 1. The van der Waals surface area contributed by atoms with E-state index in [0.29, 0.717) is 11.3 Å². The van der Waals surface area contributed by atoms with Gasteiger partial charge in [0.25, 0.3) is 0 Å².